The first-order valence-corrected chi connectivity index (χ1v) is 7.73. The Morgan fingerprint density at radius 2 is 2.05 bits per heavy atom. The fourth-order valence-electron chi connectivity index (χ4n) is 2.26. The first kappa shape index (κ1) is 16.2. The lowest BCUT2D eigenvalue weighted by molar-refractivity contribution is 0.204. The summed E-state index contributed by atoms with van der Waals surface area (Å²) in [5.74, 6) is 0.562. The molecule has 0 radical (unpaired) electrons. The minimum Gasteiger partial charge on any atom is -0.463 e. The zero-order valence-electron chi connectivity index (χ0n) is 12.3. The second kappa shape index (κ2) is 8.31. The third-order valence-electron chi connectivity index (χ3n) is 3.30. The molecule has 0 aliphatic carbocycles. The molecule has 1 aromatic rings. The molecule has 0 saturated carbocycles. The quantitative estimate of drug-likeness (QED) is 0.833. The minimum atomic E-state index is 0.155. The van der Waals surface area contributed by atoms with Crippen molar-refractivity contribution in [2.45, 2.75) is 19.8 Å². The molecule has 1 aliphatic rings. The predicted molar refractivity (Wildman–Crippen MR) is 81.0 cm³/mol. The highest BCUT2D eigenvalue weighted by atomic mass is 35.5. The molecule has 2 rings (SSSR count). The van der Waals surface area contributed by atoms with Crippen molar-refractivity contribution in [1.82, 2.24) is 19.9 Å². The van der Waals surface area contributed by atoms with Crippen molar-refractivity contribution in [1.29, 1.82) is 0 Å². The van der Waals surface area contributed by atoms with Gasteiger partial charge in [-0.25, -0.2) is 0 Å². The Hall–Kier alpha value is -1.18. The van der Waals surface area contributed by atoms with Gasteiger partial charge in [-0.2, -0.15) is 15.0 Å². The van der Waals surface area contributed by atoms with Gasteiger partial charge in [-0.15, -0.1) is 0 Å². The normalized spacial score (nSPS) is 16.8. The monoisotopic (exact) mass is 315 g/mol. The minimum absolute atomic E-state index is 0.155. The van der Waals surface area contributed by atoms with Crippen LogP contribution >= 0.6 is 11.6 Å². The summed E-state index contributed by atoms with van der Waals surface area (Å²) < 4.78 is 5.44. The van der Waals surface area contributed by atoms with E-state index < -0.39 is 0 Å². The Morgan fingerprint density at radius 1 is 1.19 bits per heavy atom. The zero-order valence-corrected chi connectivity index (χ0v) is 13.1. The second-order valence-corrected chi connectivity index (χ2v) is 5.28. The highest BCUT2D eigenvalue weighted by Gasteiger charge is 2.18. The van der Waals surface area contributed by atoms with Gasteiger partial charge in [0.25, 0.3) is 0 Å². The Labute approximate surface area is 129 Å². The van der Waals surface area contributed by atoms with E-state index in [9.17, 15) is 0 Å². The van der Waals surface area contributed by atoms with Gasteiger partial charge in [0.05, 0.1) is 13.2 Å². The SMILES string of the molecule is CCCOc1nc(Cl)nc(N2CCCN(CCO)CC2)n1. The van der Waals surface area contributed by atoms with Gasteiger partial charge in [-0.3, -0.25) is 4.90 Å². The van der Waals surface area contributed by atoms with E-state index in [1.165, 1.54) is 0 Å². The van der Waals surface area contributed by atoms with Crippen LogP contribution in [-0.2, 0) is 0 Å². The molecule has 1 fully saturated rings. The summed E-state index contributed by atoms with van der Waals surface area (Å²) in [5, 5.41) is 9.18. The number of hydrogen-bond acceptors (Lipinski definition) is 7. The fraction of sp³-hybridized carbons (Fsp3) is 0.769. The van der Waals surface area contributed by atoms with E-state index in [1.807, 2.05) is 6.92 Å². The van der Waals surface area contributed by atoms with Crippen LogP contribution in [0.2, 0.25) is 5.28 Å². The third kappa shape index (κ3) is 4.94. The van der Waals surface area contributed by atoms with Gasteiger partial charge in [0, 0.05) is 26.2 Å². The van der Waals surface area contributed by atoms with Crippen LogP contribution in [0.25, 0.3) is 0 Å². The van der Waals surface area contributed by atoms with Crippen molar-refractivity contribution in [3.8, 4) is 6.01 Å². The van der Waals surface area contributed by atoms with E-state index in [0.29, 0.717) is 19.1 Å². The van der Waals surface area contributed by atoms with E-state index in [-0.39, 0.29) is 17.9 Å². The molecule has 118 valence electrons. The number of ether oxygens (including phenoxy) is 1. The number of β-amino-alcohol motifs (C(OH)–C–C–N with tert-alkyl or cyclic N) is 1. The lowest BCUT2D eigenvalue weighted by Gasteiger charge is -2.21. The Morgan fingerprint density at radius 3 is 2.81 bits per heavy atom. The fourth-order valence-corrected chi connectivity index (χ4v) is 2.41. The number of halogens is 1. The van der Waals surface area contributed by atoms with Gasteiger partial charge in [-0.05, 0) is 31.0 Å². The molecular formula is C13H22ClN5O2. The number of anilines is 1. The van der Waals surface area contributed by atoms with Crippen LogP contribution in [-0.4, -0.2) is 70.9 Å². The molecule has 1 N–H and O–H groups in total. The lowest BCUT2D eigenvalue weighted by atomic mass is 10.4. The summed E-state index contributed by atoms with van der Waals surface area (Å²) in [6.45, 7) is 6.97. The van der Waals surface area contributed by atoms with Crippen molar-refractivity contribution in [3.05, 3.63) is 5.28 Å². The van der Waals surface area contributed by atoms with Crippen LogP contribution in [0, 0.1) is 0 Å². The summed E-state index contributed by atoms with van der Waals surface area (Å²) in [4.78, 5) is 16.8. The summed E-state index contributed by atoms with van der Waals surface area (Å²) in [5.41, 5.74) is 0. The summed E-state index contributed by atoms with van der Waals surface area (Å²) in [6.07, 6.45) is 1.88. The van der Waals surface area contributed by atoms with Gasteiger partial charge >= 0.3 is 6.01 Å². The van der Waals surface area contributed by atoms with Crippen LogP contribution in [0.15, 0.2) is 0 Å². The molecule has 0 bridgehead atoms. The Kier molecular flexibility index (Phi) is 6.41. The van der Waals surface area contributed by atoms with Crippen LogP contribution < -0.4 is 9.64 Å². The van der Waals surface area contributed by atoms with Crippen molar-refractivity contribution >= 4 is 17.5 Å². The maximum atomic E-state index is 9.03. The summed E-state index contributed by atoms with van der Waals surface area (Å²) >= 11 is 5.95. The molecule has 1 aliphatic heterocycles. The smallest absolute Gasteiger partial charge is 0.322 e. The Bertz CT molecular complexity index is 449. The highest BCUT2D eigenvalue weighted by Crippen LogP contribution is 2.17. The van der Waals surface area contributed by atoms with E-state index in [4.69, 9.17) is 21.4 Å². The average molecular weight is 316 g/mol. The predicted octanol–water partition coefficient (Wildman–Crippen LogP) is 0.818. The molecular weight excluding hydrogens is 294 g/mol. The molecule has 0 atom stereocenters. The summed E-state index contributed by atoms with van der Waals surface area (Å²) in [7, 11) is 0. The Balaban J connectivity index is 2.04. The second-order valence-electron chi connectivity index (χ2n) is 4.94. The molecule has 21 heavy (non-hydrogen) atoms. The van der Waals surface area contributed by atoms with Crippen LogP contribution in [0.1, 0.15) is 19.8 Å². The molecule has 8 heteroatoms. The molecule has 1 aromatic heterocycles. The number of aliphatic hydroxyl groups is 1. The van der Waals surface area contributed by atoms with Gasteiger partial charge in [0.15, 0.2) is 0 Å². The number of aromatic nitrogens is 3. The molecule has 0 aromatic carbocycles. The standard InChI is InChI=1S/C13H22ClN5O2/c1-2-10-21-13-16-11(14)15-12(17-13)19-5-3-4-18(6-7-19)8-9-20/h20H,2-10H2,1H3. The van der Waals surface area contributed by atoms with Gasteiger partial charge in [0.2, 0.25) is 11.2 Å². The number of hydrogen-bond donors (Lipinski definition) is 1. The number of aliphatic hydroxyl groups excluding tert-OH is 1. The van der Waals surface area contributed by atoms with Gasteiger partial charge in [-0.1, -0.05) is 6.92 Å². The highest BCUT2D eigenvalue weighted by molar-refractivity contribution is 6.28. The van der Waals surface area contributed by atoms with Crippen molar-refractivity contribution < 1.29 is 9.84 Å². The first-order chi connectivity index (χ1) is 10.2. The third-order valence-corrected chi connectivity index (χ3v) is 3.47. The first-order valence-electron chi connectivity index (χ1n) is 7.35. The van der Waals surface area contributed by atoms with E-state index in [1.54, 1.807) is 0 Å². The molecule has 1 saturated heterocycles. The van der Waals surface area contributed by atoms with Gasteiger partial charge < -0.3 is 14.7 Å². The number of nitrogens with zero attached hydrogens (tertiary/aromatic N) is 5. The zero-order chi connectivity index (χ0) is 15.1. The maximum Gasteiger partial charge on any atom is 0.322 e. The van der Waals surface area contributed by atoms with Crippen molar-refractivity contribution in [2.24, 2.45) is 0 Å². The van der Waals surface area contributed by atoms with Crippen LogP contribution in [0.3, 0.4) is 0 Å². The van der Waals surface area contributed by atoms with Crippen molar-refractivity contribution in [3.63, 3.8) is 0 Å². The van der Waals surface area contributed by atoms with Crippen LogP contribution in [0.4, 0.5) is 5.95 Å². The molecule has 0 spiro atoms. The van der Waals surface area contributed by atoms with E-state index in [0.717, 1.165) is 39.0 Å². The van der Waals surface area contributed by atoms with Gasteiger partial charge in [0.1, 0.15) is 0 Å². The molecule has 2 heterocycles. The van der Waals surface area contributed by atoms with Crippen molar-refractivity contribution in [2.75, 3.05) is 50.8 Å². The lowest BCUT2D eigenvalue weighted by Crippen LogP contribution is -2.33. The summed E-state index contributed by atoms with van der Waals surface area (Å²) in [6, 6.07) is 0.281. The van der Waals surface area contributed by atoms with Crippen LogP contribution in [0.5, 0.6) is 6.01 Å². The van der Waals surface area contributed by atoms with E-state index in [2.05, 4.69) is 24.8 Å². The largest absolute Gasteiger partial charge is 0.463 e. The topological polar surface area (TPSA) is 74.6 Å². The average Bonchev–Trinajstić information content (AvgIpc) is 2.71. The molecule has 0 amide bonds. The molecule has 7 nitrogen and oxygen atoms in total. The maximum absolute atomic E-state index is 9.03. The van der Waals surface area contributed by atoms with E-state index >= 15 is 0 Å². The molecule has 0 unspecified atom stereocenters. The number of rotatable bonds is 6.